The average Bonchev–Trinajstić information content (AvgIpc) is 2.50. The fraction of sp³-hybridized carbons (Fsp3) is 0.294. The summed E-state index contributed by atoms with van der Waals surface area (Å²) in [5.74, 6) is 2.10. The normalized spacial score (nSPS) is 10.4. The van der Waals surface area contributed by atoms with Crippen molar-refractivity contribution in [3.8, 4) is 17.2 Å². The van der Waals surface area contributed by atoms with Crippen LogP contribution in [0.25, 0.3) is 0 Å². The van der Waals surface area contributed by atoms with Crippen LogP contribution in [0, 0.1) is 0 Å². The average molecular weight is 306 g/mol. The molecule has 2 aromatic rings. The Kier molecular flexibility index (Phi) is 5.90. The SMILES string of the molecule is CCCNCc1ccc(Oc2cccc(OC)c2)c(Cl)c1. The number of benzene rings is 2. The van der Waals surface area contributed by atoms with Gasteiger partial charge in [-0.2, -0.15) is 0 Å². The third-order valence-electron chi connectivity index (χ3n) is 3.02. The number of hydrogen-bond donors (Lipinski definition) is 1. The van der Waals surface area contributed by atoms with E-state index in [1.54, 1.807) is 7.11 Å². The van der Waals surface area contributed by atoms with Crippen molar-refractivity contribution in [2.24, 2.45) is 0 Å². The maximum Gasteiger partial charge on any atom is 0.146 e. The lowest BCUT2D eigenvalue weighted by atomic mass is 10.2. The predicted molar refractivity (Wildman–Crippen MR) is 86.5 cm³/mol. The first-order chi connectivity index (χ1) is 10.2. The molecule has 0 unspecified atom stereocenters. The summed E-state index contributed by atoms with van der Waals surface area (Å²) in [6.45, 7) is 3.96. The van der Waals surface area contributed by atoms with E-state index < -0.39 is 0 Å². The van der Waals surface area contributed by atoms with Gasteiger partial charge in [-0.05, 0) is 42.8 Å². The topological polar surface area (TPSA) is 30.5 Å². The summed E-state index contributed by atoms with van der Waals surface area (Å²) in [6.07, 6.45) is 1.12. The van der Waals surface area contributed by atoms with Crippen LogP contribution in [0.1, 0.15) is 18.9 Å². The molecule has 0 aliphatic carbocycles. The molecule has 2 aromatic carbocycles. The fourth-order valence-electron chi connectivity index (χ4n) is 1.94. The molecule has 1 N–H and O–H groups in total. The van der Waals surface area contributed by atoms with Gasteiger partial charge < -0.3 is 14.8 Å². The first-order valence-electron chi connectivity index (χ1n) is 7.04. The van der Waals surface area contributed by atoms with Crippen molar-refractivity contribution in [2.75, 3.05) is 13.7 Å². The molecule has 0 saturated carbocycles. The van der Waals surface area contributed by atoms with E-state index in [4.69, 9.17) is 21.1 Å². The molecule has 112 valence electrons. The van der Waals surface area contributed by atoms with E-state index in [0.29, 0.717) is 16.5 Å². The molecule has 0 amide bonds. The first-order valence-corrected chi connectivity index (χ1v) is 7.41. The third kappa shape index (κ3) is 4.66. The Balaban J connectivity index is 2.06. The van der Waals surface area contributed by atoms with Crippen molar-refractivity contribution in [3.05, 3.63) is 53.1 Å². The molecule has 4 heteroatoms. The van der Waals surface area contributed by atoms with Gasteiger partial charge in [0.2, 0.25) is 0 Å². The van der Waals surface area contributed by atoms with Crippen LogP contribution in [0.4, 0.5) is 0 Å². The number of methoxy groups -OCH3 is 1. The molecule has 0 fully saturated rings. The lowest BCUT2D eigenvalue weighted by Gasteiger charge is -2.10. The Labute approximate surface area is 130 Å². The molecule has 0 heterocycles. The van der Waals surface area contributed by atoms with Crippen molar-refractivity contribution < 1.29 is 9.47 Å². The van der Waals surface area contributed by atoms with Crippen molar-refractivity contribution in [3.63, 3.8) is 0 Å². The summed E-state index contributed by atoms with van der Waals surface area (Å²) in [5, 5.41) is 3.95. The molecule has 0 atom stereocenters. The fourth-order valence-corrected chi connectivity index (χ4v) is 2.18. The second-order valence-corrected chi connectivity index (χ2v) is 5.13. The second kappa shape index (κ2) is 7.91. The highest BCUT2D eigenvalue weighted by atomic mass is 35.5. The van der Waals surface area contributed by atoms with Gasteiger partial charge in [-0.1, -0.05) is 30.7 Å². The Morgan fingerprint density at radius 3 is 2.62 bits per heavy atom. The van der Waals surface area contributed by atoms with Gasteiger partial charge in [0.25, 0.3) is 0 Å². The van der Waals surface area contributed by atoms with E-state index in [2.05, 4.69) is 12.2 Å². The van der Waals surface area contributed by atoms with Gasteiger partial charge in [-0.3, -0.25) is 0 Å². The smallest absolute Gasteiger partial charge is 0.146 e. The minimum atomic E-state index is 0.605. The molecular formula is C17H20ClNO2. The summed E-state index contributed by atoms with van der Waals surface area (Å²) < 4.78 is 11.0. The van der Waals surface area contributed by atoms with Crippen LogP contribution in [-0.2, 0) is 6.54 Å². The summed E-state index contributed by atoms with van der Waals surface area (Å²) in [4.78, 5) is 0. The molecule has 2 rings (SSSR count). The zero-order valence-electron chi connectivity index (χ0n) is 12.4. The van der Waals surface area contributed by atoms with Gasteiger partial charge in [0.15, 0.2) is 0 Å². The highest BCUT2D eigenvalue weighted by Crippen LogP contribution is 2.31. The molecule has 0 aliphatic rings. The molecule has 0 bridgehead atoms. The number of nitrogens with one attached hydrogen (secondary N) is 1. The van der Waals surface area contributed by atoms with E-state index in [9.17, 15) is 0 Å². The van der Waals surface area contributed by atoms with Gasteiger partial charge >= 0.3 is 0 Å². The molecular weight excluding hydrogens is 286 g/mol. The zero-order chi connectivity index (χ0) is 15.1. The van der Waals surface area contributed by atoms with Gasteiger partial charge in [0, 0.05) is 12.6 Å². The van der Waals surface area contributed by atoms with Gasteiger partial charge in [0.1, 0.15) is 17.2 Å². The van der Waals surface area contributed by atoms with E-state index in [1.807, 2.05) is 42.5 Å². The van der Waals surface area contributed by atoms with Gasteiger partial charge in [-0.15, -0.1) is 0 Å². The number of ether oxygens (including phenoxy) is 2. The molecule has 0 spiro atoms. The molecule has 0 aliphatic heterocycles. The number of rotatable bonds is 7. The third-order valence-corrected chi connectivity index (χ3v) is 3.32. The van der Waals surface area contributed by atoms with Crippen LogP contribution in [0.15, 0.2) is 42.5 Å². The molecule has 3 nitrogen and oxygen atoms in total. The van der Waals surface area contributed by atoms with Crippen molar-refractivity contribution >= 4 is 11.6 Å². The summed E-state index contributed by atoms with van der Waals surface area (Å²) in [7, 11) is 1.63. The van der Waals surface area contributed by atoms with Crippen LogP contribution in [0.2, 0.25) is 5.02 Å². The number of hydrogen-bond acceptors (Lipinski definition) is 3. The Morgan fingerprint density at radius 1 is 1.10 bits per heavy atom. The second-order valence-electron chi connectivity index (χ2n) is 4.72. The summed E-state index contributed by atoms with van der Waals surface area (Å²) in [6, 6.07) is 13.3. The zero-order valence-corrected chi connectivity index (χ0v) is 13.1. The lowest BCUT2D eigenvalue weighted by molar-refractivity contribution is 0.409. The maximum atomic E-state index is 6.28. The highest BCUT2D eigenvalue weighted by molar-refractivity contribution is 6.32. The van der Waals surface area contributed by atoms with Crippen LogP contribution in [0.3, 0.4) is 0 Å². The summed E-state index contributed by atoms with van der Waals surface area (Å²) >= 11 is 6.28. The Bertz CT molecular complexity index is 587. The van der Waals surface area contributed by atoms with Crippen molar-refractivity contribution in [2.45, 2.75) is 19.9 Å². The minimum Gasteiger partial charge on any atom is -0.497 e. The Morgan fingerprint density at radius 2 is 1.90 bits per heavy atom. The van der Waals surface area contributed by atoms with Crippen LogP contribution < -0.4 is 14.8 Å². The monoisotopic (exact) mass is 305 g/mol. The maximum absolute atomic E-state index is 6.28. The van der Waals surface area contributed by atoms with E-state index in [0.717, 1.165) is 30.8 Å². The van der Waals surface area contributed by atoms with Gasteiger partial charge in [-0.25, -0.2) is 0 Å². The first kappa shape index (κ1) is 15.7. The van der Waals surface area contributed by atoms with Crippen molar-refractivity contribution in [1.29, 1.82) is 0 Å². The highest BCUT2D eigenvalue weighted by Gasteiger charge is 2.05. The number of halogens is 1. The van der Waals surface area contributed by atoms with Gasteiger partial charge in [0.05, 0.1) is 12.1 Å². The Hall–Kier alpha value is -1.71. The van der Waals surface area contributed by atoms with Crippen LogP contribution >= 0.6 is 11.6 Å². The molecule has 0 saturated heterocycles. The molecule has 0 aromatic heterocycles. The quantitative estimate of drug-likeness (QED) is 0.756. The molecule has 0 radical (unpaired) electrons. The summed E-state index contributed by atoms with van der Waals surface area (Å²) in [5.41, 5.74) is 1.14. The van der Waals surface area contributed by atoms with E-state index >= 15 is 0 Å². The predicted octanol–water partition coefficient (Wildman–Crippen LogP) is 4.64. The van der Waals surface area contributed by atoms with Crippen LogP contribution in [-0.4, -0.2) is 13.7 Å². The largest absolute Gasteiger partial charge is 0.497 e. The molecule has 21 heavy (non-hydrogen) atoms. The van der Waals surface area contributed by atoms with Crippen LogP contribution in [0.5, 0.6) is 17.2 Å². The minimum absolute atomic E-state index is 0.605. The standard InChI is InChI=1S/C17H20ClNO2/c1-3-9-19-12-13-7-8-17(16(18)10-13)21-15-6-4-5-14(11-15)20-2/h4-8,10-11,19H,3,9,12H2,1-2H3. The van der Waals surface area contributed by atoms with Crippen molar-refractivity contribution in [1.82, 2.24) is 5.32 Å². The van der Waals surface area contributed by atoms with E-state index in [-0.39, 0.29) is 0 Å². The lowest BCUT2D eigenvalue weighted by Crippen LogP contribution is -2.13. The van der Waals surface area contributed by atoms with E-state index in [1.165, 1.54) is 0 Å².